The molecule has 0 unspecified atom stereocenters. The molecule has 1 aromatic heterocycles. The van der Waals surface area contributed by atoms with Gasteiger partial charge < -0.3 is 10.3 Å². The highest BCUT2D eigenvalue weighted by atomic mass is 15.3. The second kappa shape index (κ2) is 4.75. The van der Waals surface area contributed by atoms with E-state index in [2.05, 4.69) is 35.5 Å². The van der Waals surface area contributed by atoms with Crippen molar-refractivity contribution in [2.75, 3.05) is 6.54 Å². The van der Waals surface area contributed by atoms with Crippen LogP contribution in [-0.4, -0.2) is 21.3 Å². The maximum Gasteiger partial charge on any atom is 0.140 e. The Hall–Kier alpha value is -0.900. The third kappa shape index (κ3) is 1.91. The largest absolute Gasteiger partial charge is 0.329 e. The van der Waals surface area contributed by atoms with Gasteiger partial charge in [-0.1, -0.05) is 13.8 Å². The second-order valence-corrected chi connectivity index (χ2v) is 4.01. The zero-order valence-electron chi connectivity index (χ0n) is 10.2. The van der Waals surface area contributed by atoms with Gasteiger partial charge in [-0.2, -0.15) is 0 Å². The summed E-state index contributed by atoms with van der Waals surface area (Å²) in [7, 11) is 0. The number of nitrogens with zero attached hydrogens (tertiary/aromatic N) is 3. The quantitative estimate of drug-likeness (QED) is 0.803. The fourth-order valence-electron chi connectivity index (χ4n) is 2.10. The molecule has 0 aliphatic rings. The lowest BCUT2D eigenvalue weighted by molar-refractivity contribution is 0.365. The molecule has 0 aliphatic carbocycles. The number of hydrogen-bond donors (Lipinski definition) is 1. The van der Waals surface area contributed by atoms with Crippen LogP contribution in [0.5, 0.6) is 0 Å². The highest BCUT2D eigenvalue weighted by Crippen LogP contribution is 2.29. The first-order valence-electron chi connectivity index (χ1n) is 5.75. The summed E-state index contributed by atoms with van der Waals surface area (Å²) in [6, 6.07) is 0. The standard InChI is InChI=1S/C11H22N4/c1-5-11(6-2,8-12)10-14-13-9(4)15(10)7-3/h5-8,12H2,1-4H3. The zero-order chi connectivity index (χ0) is 11.5. The van der Waals surface area contributed by atoms with E-state index >= 15 is 0 Å². The molecule has 0 atom stereocenters. The molecule has 0 saturated heterocycles. The maximum atomic E-state index is 5.91. The van der Waals surface area contributed by atoms with Crippen LogP contribution in [0.1, 0.15) is 45.3 Å². The molecule has 0 aromatic carbocycles. The first kappa shape index (κ1) is 12.2. The zero-order valence-corrected chi connectivity index (χ0v) is 10.2. The van der Waals surface area contributed by atoms with Gasteiger partial charge in [0, 0.05) is 18.5 Å². The second-order valence-electron chi connectivity index (χ2n) is 4.01. The van der Waals surface area contributed by atoms with Gasteiger partial charge in [0.05, 0.1) is 0 Å². The van der Waals surface area contributed by atoms with Crippen LogP contribution in [0, 0.1) is 6.92 Å². The van der Waals surface area contributed by atoms with E-state index in [0.29, 0.717) is 6.54 Å². The molecule has 0 fully saturated rings. The Morgan fingerprint density at radius 2 is 1.80 bits per heavy atom. The molecule has 86 valence electrons. The van der Waals surface area contributed by atoms with E-state index in [0.717, 1.165) is 31.0 Å². The minimum atomic E-state index is -0.00271. The van der Waals surface area contributed by atoms with Crippen LogP contribution >= 0.6 is 0 Å². The normalized spacial score (nSPS) is 12.1. The first-order valence-corrected chi connectivity index (χ1v) is 5.75. The van der Waals surface area contributed by atoms with E-state index in [1.165, 1.54) is 0 Å². The van der Waals surface area contributed by atoms with Crippen molar-refractivity contribution in [3.8, 4) is 0 Å². The number of rotatable bonds is 5. The minimum Gasteiger partial charge on any atom is -0.329 e. The van der Waals surface area contributed by atoms with Gasteiger partial charge >= 0.3 is 0 Å². The molecule has 15 heavy (non-hydrogen) atoms. The summed E-state index contributed by atoms with van der Waals surface area (Å²) in [5, 5.41) is 8.46. The summed E-state index contributed by atoms with van der Waals surface area (Å²) in [6.45, 7) is 9.99. The number of nitrogens with two attached hydrogens (primary N) is 1. The summed E-state index contributed by atoms with van der Waals surface area (Å²) in [5.74, 6) is 2.03. The highest BCUT2D eigenvalue weighted by Gasteiger charge is 2.32. The molecule has 0 bridgehead atoms. The van der Waals surface area contributed by atoms with Gasteiger partial charge in [-0.25, -0.2) is 0 Å². The molecule has 1 aromatic rings. The van der Waals surface area contributed by atoms with E-state index in [9.17, 15) is 0 Å². The highest BCUT2D eigenvalue weighted by molar-refractivity contribution is 5.11. The summed E-state index contributed by atoms with van der Waals surface area (Å²) >= 11 is 0. The van der Waals surface area contributed by atoms with Crippen molar-refractivity contribution in [2.24, 2.45) is 5.73 Å². The summed E-state index contributed by atoms with van der Waals surface area (Å²) in [5.41, 5.74) is 5.91. The topological polar surface area (TPSA) is 56.7 Å². The molecule has 1 rings (SSSR count). The van der Waals surface area contributed by atoms with Gasteiger partial charge in [0.25, 0.3) is 0 Å². The van der Waals surface area contributed by atoms with Gasteiger partial charge in [0.1, 0.15) is 11.6 Å². The molecule has 0 radical (unpaired) electrons. The third-order valence-corrected chi connectivity index (χ3v) is 3.47. The summed E-state index contributed by atoms with van der Waals surface area (Å²) in [6.07, 6.45) is 2.02. The van der Waals surface area contributed by atoms with Gasteiger partial charge in [0.15, 0.2) is 0 Å². The Morgan fingerprint density at radius 1 is 1.20 bits per heavy atom. The smallest absolute Gasteiger partial charge is 0.140 e. The van der Waals surface area contributed by atoms with Crippen molar-refractivity contribution in [1.82, 2.24) is 14.8 Å². The van der Waals surface area contributed by atoms with Crippen LogP contribution in [0.25, 0.3) is 0 Å². The third-order valence-electron chi connectivity index (χ3n) is 3.47. The van der Waals surface area contributed by atoms with E-state index in [4.69, 9.17) is 5.73 Å². The van der Waals surface area contributed by atoms with Crippen LogP contribution in [0.3, 0.4) is 0 Å². The van der Waals surface area contributed by atoms with Gasteiger partial charge in [-0.15, -0.1) is 10.2 Å². The lowest BCUT2D eigenvalue weighted by Gasteiger charge is -2.29. The average Bonchev–Trinajstić information content (AvgIpc) is 2.64. The Bertz CT molecular complexity index is 304. The predicted octanol–water partition coefficient (Wildman–Crippen LogP) is 1.62. The summed E-state index contributed by atoms with van der Waals surface area (Å²) < 4.78 is 2.17. The molecule has 1 heterocycles. The van der Waals surface area contributed by atoms with Crippen molar-refractivity contribution in [3.05, 3.63) is 11.6 Å². The molecule has 2 N–H and O–H groups in total. The van der Waals surface area contributed by atoms with Crippen LogP contribution in [-0.2, 0) is 12.0 Å². The van der Waals surface area contributed by atoms with E-state index in [1.54, 1.807) is 0 Å². The molecule has 4 nitrogen and oxygen atoms in total. The van der Waals surface area contributed by atoms with Crippen molar-refractivity contribution in [3.63, 3.8) is 0 Å². The van der Waals surface area contributed by atoms with Crippen LogP contribution in [0.15, 0.2) is 0 Å². The SMILES string of the molecule is CCn1c(C)nnc1C(CC)(CC)CN. The van der Waals surface area contributed by atoms with Crippen molar-refractivity contribution in [2.45, 2.75) is 52.5 Å². The summed E-state index contributed by atoms with van der Waals surface area (Å²) in [4.78, 5) is 0. The van der Waals surface area contributed by atoms with E-state index in [1.807, 2.05) is 6.92 Å². The monoisotopic (exact) mass is 210 g/mol. The number of aromatic nitrogens is 3. The molecular weight excluding hydrogens is 188 g/mol. The Labute approximate surface area is 91.9 Å². The van der Waals surface area contributed by atoms with Crippen molar-refractivity contribution >= 4 is 0 Å². The maximum absolute atomic E-state index is 5.91. The fourth-order valence-corrected chi connectivity index (χ4v) is 2.10. The Morgan fingerprint density at radius 3 is 2.20 bits per heavy atom. The Balaban J connectivity index is 3.22. The minimum absolute atomic E-state index is 0.00271. The van der Waals surface area contributed by atoms with Crippen molar-refractivity contribution < 1.29 is 0 Å². The molecular formula is C11H22N4. The van der Waals surface area contributed by atoms with Crippen LogP contribution in [0.2, 0.25) is 0 Å². The first-order chi connectivity index (χ1) is 7.15. The lowest BCUT2D eigenvalue weighted by atomic mass is 9.81. The number of aryl methyl sites for hydroxylation is 1. The fraction of sp³-hybridized carbons (Fsp3) is 0.818. The van der Waals surface area contributed by atoms with Gasteiger partial charge in [-0.05, 0) is 26.7 Å². The predicted molar refractivity (Wildman–Crippen MR) is 61.7 cm³/mol. The molecule has 0 amide bonds. The van der Waals surface area contributed by atoms with Gasteiger partial charge in [-0.3, -0.25) is 0 Å². The van der Waals surface area contributed by atoms with E-state index in [-0.39, 0.29) is 5.41 Å². The van der Waals surface area contributed by atoms with Crippen molar-refractivity contribution in [1.29, 1.82) is 0 Å². The van der Waals surface area contributed by atoms with Crippen LogP contribution < -0.4 is 5.73 Å². The van der Waals surface area contributed by atoms with Crippen LogP contribution in [0.4, 0.5) is 0 Å². The molecule has 0 saturated carbocycles. The molecule has 0 spiro atoms. The van der Waals surface area contributed by atoms with Gasteiger partial charge in [0.2, 0.25) is 0 Å². The average molecular weight is 210 g/mol. The molecule has 0 aliphatic heterocycles. The number of hydrogen-bond acceptors (Lipinski definition) is 3. The lowest BCUT2D eigenvalue weighted by Crippen LogP contribution is -2.37. The van der Waals surface area contributed by atoms with E-state index < -0.39 is 0 Å². The molecule has 4 heteroatoms. The Kier molecular flexibility index (Phi) is 3.85.